The van der Waals surface area contributed by atoms with E-state index in [0.717, 1.165) is 25.9 Å². The van der Waals surface area contributed by atoms with Gasteiger partial charge in [-0.1, -0.05) is 18.2 Å². The van der Waals surface area contributed by atoms with Crippen LogP contribution in [0.5, 0.6) is 0 Å². The molecule has 1 amide bonds. The lowest BCUT2D eigenvalue weighted by Gasteiger charge is -2.23. The fourth-order valence-corrected chi connectivity index (χ4v) is 3.73. The number of carbonyl (C=O) groups excluding carboxylic acids is 1. The summed E-state index contributed by atoms with van der Waals surface area (Å²) in [7, 11) is 4.27. The van der Waals surface area contributed by atoms with Gasteiger partial charge in [0.25, 0.3) is 0 Å². The maximum atomic E-state index is 12.4. The van der Waals surface area contributed by atoms with Crippen molar-refractivity contribution in [2.24, 2.45) is 0 Å². The predicted octanol–water partition coefficient (Wildman–Crippen LogP) is 3.03. The molecule has 1 aliphatic rings. The summed E-state index contributed by atoms with van der Waals surface area (Å²) in [5.74, 6) is 0.833. The molecule has 0 saturated carbocycles. The molecule has 1 heterocycles. The first kappa shape index (κ1) is 16.4. The van der Waals surface area contributed by atoms with Crippen molar-refractivity contribution in [1.29, 1.82) is 0 Å². The lowest BCUT2D eigenvalue weighted by Crippen LogP contribution is -2.34. The third kappa shape index (κ3) is 4.75. The second-order valence-electron chi connectivity index (χ2n) is 5.98. The van der Waals surface area contributed by atoms with Crippen LogP contribution >= 0.6 is 11.8 Å². The fourth-order valence-electron chi connectivity index (χ4n) is 2.79. The van der Waals surface area contributed by atoms with Crippen LogP contribution in [-0.2, 0) is 4.79 Å². The number of rotatable bonds is 4. The minimum absolute atomic E-state index is 0.280. The zero-order chi connectivity index (χ0) is 15.2. The Labute approximate surface area is 132 Å². The van der Waals surface area contributed by atoms with E-state index in [-0.39, 0.29) is 5.91 Å². The van der Waals surface area contributed by atoms with Gasteiger partial charge in [-0.2, -0.15) is 0 Å². The molecule has 1 aromatic carbocycles. The summed E-state index contributed by atoms with van der Waals surface area (Å²) >= 11 is 1.66. The summed E-state index contributed by atoms with van der Waals surface area (Å²) in [6, 6.07) is 8.88. The first-order valence-electron chi connectivity index (χ1n) is 7.70. The molecule has 3 nitrogen and oxygen atoms in total. The molecular weight excluding hydrogens is 280 g/mol. The Balaban J connectivity index is 1.85. The Morgan fingerprint density at radius 2 is 2.05 bits per heavy atom. The van der Waals surface area contributed by atoms with Crippen LogP contribution in [0.25, 0.3) is 0 Å². The molecule has 0 N–H and O–H groups in total. The topological polar surface area (TPSA) is 23.6 Å². The molecule has 2 rings (SSSR count). The molecule has 0 radical (unpaired) electrons. The van der Waals surface area contributed by atoms with Gasteiger partial charge in [0.15, 0.2) is 0 Å². The van der Waals surface area contributed by atoms with Crippen molar-refractivity contribution in [3.05, 3.63) is 29.8 Å². The second-order valence-corrected chi connectivity index (χ2v) is 7.00. The van der Waals surface area contributed by atoms with Crippen LogP contribution in [0.3, 0.4) is 0 Å². The van der Waals surface area contributed by atoms with E-state index >= 15 is 0 Å². The van der Waals surface area contributed by atoms with Crippen molar-refractivity contribution in [2.75, 3.05) is 32.9 Å². The highest BCUT2D eigenvalue weighted by Crippen LogP contribution is 2.23. The third-order valence-electron chi connectivity index (χ3n) is 4.23. The smallest absolute Gasteiger partial charge is 0.232 e. The first-order chi connectivity index (χ1) is 10.1. The second kappa shape index (κ2) is 7.85. The molecule has 1 aliphatic heterocycles. The van der Waals surface area contributed by atoms with Crippen LogP contribution in [0.1, 0.15) is 24.8 Å². The van der Waals surface area contributed by atoms with E-state index in [2.05, 4.69) is 43.0 Å². The molecule has 1 atom stereocenters. The van der Waals surface area contributed by atoms with Gasteiger partial charge in [-0.05, 0) is 51.9 Å². The van der Waals surface area contributed by atoms with Gasteiger partial charge in [-0.3, -0.25) is 4.79 Å². The minimum Gasteiger partial charge on any atom is -0.342 e. The molecular formula is C17H26N2OS. The minimum atomic E-state index is 0.280. The van der Waals surface area contributed by atoms with Crippen LogP contribution in [0, 0.1) is 6.92 Å². The molecule has 1 unspecified atom stereocenters. The number of amides is 1. The number of aryl methyl sites for hydroxylation is 1. The van der Waals surface area contributed by atoms with Gasteiger partial charge in [-0.25, -0.2) is 0 Å². The highest BCUT2D eigenvalue weighted by Gasteiger charge is 2.21. The van der Waals surface area contributed by atoms with Gasteiger partial charge in [0, 0.05) is 24.0 Å². The summed E-state index contributed by atoms with van der Waals surface area (Å²) in [5.41, 5.74) is 1.25. The summed E-state index contributed by atoms with van der Waals surface area (Å²) in [6.07, 6.45) is 3.40. The summed E-state index contributed by atoms with van der Waals surface area (Å²) < 4.78 is 0. The maximum Gasteiger partial charge on any atom is 0.232 e. The van der Waals surface area contributed by atoms with Gasteiger partial charge < -0.3 is 9.80 Å². The van der Waals surface area contributed by atoms with Gasteiger partial charge in [0.1, 0.15) is 0 Å². The number of hydrogen-bond donors (Lipinski definition) is 0. The van der Waals surface area contributed by atoms with Gasteiger partial charge in [-0.15, -0.1) is 11.8 Å². The van der Waals surface area contributed by atoms with Crippen molar-refractivity contribution < 1.29 is 4.79 Å². The molecule has 0 aliphatic carbocycles. The largest absolute Gasteiger partial charge is 0.342 e. The zero-order valence-electron chi connectivity index (χ0n) is 13.3. The predicted molar refractivity (Wildman–Crippen MR) is 89.8 cm³/mol. The SMILES string of the molecule is Cc1ccccc1SCC(=O)N1CCCC(N(C)C)CC1. The molecule has 0 bridgehead atoms. The fraction of sp³-hybridized carbons (Fsp3) is 0.588. The van der Waals surface area contributed by atoms with E-state index in [1.807, 2.05) is 12.1 Å². The standard InChI is InChI=1S/C17H26N2OS/c1-14-7-4-5-9-16(14)21-13-17(20)19-11-6-8-15(10-12-19)18(2)3/h4-5,7,9,15H,6,8,10-13H2,1-3H3. The molecule has 4 heteroatoms. The van der Waals surface area contributed by atoms with Crippen molar-refractivity contribution >= 4 is 17.7 Å². The van der Waals surface area contributed by atoms with Crippen LogP contribution in [-0.4, -0.2) is 54.7 Å². The molecule has 1 saturated heterocycles. The van der Waals surface area contributed by atoms with E-state index in [1.165, 1.54) is 16.9 Å². The monoisotopic (exact) mass is 306 g/mol. The Morgan fingerprint density at radius 1 is 1.29 bits per heavy atom. The summed E-state index contributed by atoms with van der Waals surface area (Å²) in [6.45, 7) is 3.91. The van der Waals surface area contributed by atoms with E-state index in [0.29, 0.717) is 11.8 Å². The average molecular weight is 306 g/mol. The van der Waals surface area contributed by atoms with E-state index < -0.39 is 0 Å². The zero-order valence-corrected chi connectivity index (χ0v) is 14.2. The Morgan fingerprint density at radius 3 is 2.76 bits per heavy atom. The van der Waals surface area contributed by atoms with E-state index in [9.17, 15) is 4.79 Å². The lowest BCUT2D eigenvalue weighted by atomic mass is 10.1. The van der Waals surface area contributed by atoms with Gasteiger partial charge in [0.2, 0.25) is 5.91 Å². The first-order valence-corrected chi connectivity index (χ1v) is 8.69. The molecule has 116 valence electrons. The van der Waals surface area contributed by atoms with Crippen molar-refractivity contribution in [3.8, 4) is 0 Å². The Hall–Kier alpha value is -1.00. The van der Waals surface area contributed by atoms with Gasteiger partial charge in [0.05, 0.1) is 5.75 Å². The van der Waals surface area contributed by atoms with Crippen molar-refractivity contribution in [1.82, 2.24) is 9.80 Å². The van der Waals surface area contributed by atoms with Crippen LogP contribution in [0.15, 0.2) is 29.2 Å². The molecule has 0 spiro atoms. The Bertz CT molecular complexity index is 476. The summed E-state index contributed by atoms with van der Waals surface area (Å²) in [4.78, 5) is 18.0. The maximum absolute atomic E-state index is 12.4. The number of hydrogen-bond acceptors (Lipinski definition) is 3. The van der Waals surface area contributed by atoms with Crippen LogP contribution < -0.4 is 0 Å². The van der Waals surface area contributed by atoms with E-state index in [4.69, 9.17) is 0 Å². The van der Waals surface area contributed by atoms with E-state index in [1.54, 1.807) is 11.8 Å². The highest BCUT2D eigenvalue weighted by molar-refractivity contribution is 8.00. The van der Waals surface area contributed by atoms with Crippen LogP contribution in [0.2, 0.25) is 0 Å². The number of nitrogens with zero attached hydrogens (tertiary/aromatic N) is 2. The molecule has 21 heavy (non-hydrogen) atoms. The normalized spacial score (nSPS) is 19.6. The quantitative estimate of drug-likeness (QED) is 0.799. The lowest BCUT2D eigenvalue weighted by molar-refractivity contribution is -0.128. The molecule has 0 aromatic heterocycles. The van der Waals surface area contributed by atoms with Crippen molar-refractivity contribution in [3.63, 3.8) is 0 Å². The number of benzene rings is 1. The number of carbonyl (C=O) groups is 1. The average Bonchev–Trinajstić information content (AvgIpc) is 2.72. The molecule has 1 aromatic rings. The number of likely N-dealkylation sites (tertiary alicyclic amines) is 1. The molecule has 1 fully saturated rings. The van der Waals surface area contributed by atoms with Crippen LogP contribution in [0.4, 0.5) is 0 Å². The van der Waals surface area contributed by atoms with Crippen molar-refractivity contribution in [2.45, 2.75) is 37.1 Å². The summed E-state index contributed by atoms with van der Waals surface area (Å²) in [5, 5.41) is 0. The Kier molecular flexibility index (Phi) is 6.12. The van der Waals surface area contributed by atoms with Gasteiger partial charge >= 0.3 is 0 Å². The highest BCUT2D eigenvalue weighted by atomic mass is 32.2. The number of thioether (sulfide) groups is 1. The third-order valence-corrected chi connectivity index (χ3v) is 5.39.